The number of allylic oxidation sites excluding steroid dienone is 1. The molecule has 1 aliphatic carbocycles. The van der Waals surface area contributed by atoms with E-state index in [0.717, 1.165) is 6.42 Å². The number of ether oxygens (including phenoxy) is 2. The molecule has 0 saturated heterocycles. The number of hydrogen-bond donors (Lipinski definition) is 0. The topological polar surface area (TPSA) is 87.5 Å². The molecule has 3 rings (SSSR count). The number of carbonyl (C=O) groups excluding carboxylic acids is 3. The molecule has 1 fully saturated rings. The maximum Gasteiger partial charge on any atom is 0.302 e. The minimum atomic E-state index is -0.310. The highest BCUT2D eigenvalue weighted by Gasteiger charge is 2.45. The summed E-state index contributed by atoms with van der Waals surface area (Å²) in [4.78, 5) is 35.6. The summed E-state index contributed by atoms with van der Waals surface area (Å²) in [5.41, 5.74) is 0.829. The van der Waals surface area contributed by atoms with E-state index in [1.54, 1.807) is 6.07 Å². The van der Waals surface area contributed by atoms with Crippen LogP contribution in [-0.4, -0.2) is 39.6 Å². The highest BCUT2D eigenvalue weighted by molar-refractivity contribution is 6.21. The first-order chi connectivity index (χ1) is 11.9. The van der Waals surface area contributed by atoms with Crippen molar-refractivity contribution in [1.82, 2.24) is 9.78 Å². The molecule has 0 bridgehead atoms. The summed E-state index contributed by atoms with van der Waals surface area (Å²) in [6.45, 7) is 4.83. The van der Waals surface area contributed by atoms with E-state index < -0.39 is 0 Å². The number of carbonyl (C=O) groups is 3. The van der Waals surface area contributed by atoms with E-state index in [4.69, 9.17) is 9.47 Å². The van der Waals surface area contributed by atoms with Crippen LogP contribution in [0.25, 0.3) is 5.57 Å². The molecule has 7 nitrogen and oxygen atoms in total. The van der Waals surface area contributed by atoms with E-state index in [9.17, 15) is 14.4 Å². The molecule has 4 unspecified atom stereocenters. The fourth-order valence-corrected chi connectivity index (χ4v) is 3.67. The summed E-state index contributed by atoms with van der Waals surface area (Å²) >= 11 is 0. The molecule has 0 amide bonds. The van der Waals surface area contributed by atoms with Crippen LogP contribution in [0, 0.1) is 11.8 Å². The van der Waals surface area contributed by atoms with Crippen molar-refractivity contribution < 1.29 is 23.9 Å². The Labute approximate surface area is 146 Å². The summed E-state index contributed by atoms with van der Waals surface area (Å²) in [5, 5.41) is 4.14. The Kier molecular flexibility index (Phi) is 4.74. The second-order valence-electron chi connectivity index (χ2n) is 6.63. The molecule has 1 saturated carbocycles. The lowest BCUT2D eigenvalue weighted by molar-refractivity contribution is -0.157. The SMILES string of the molecule is CCC1CC2C(=O)C(c3ccn(C(C)=O)n3)=COC2CC1OC(C)=O. The summed E-state index contributed by atoms with van der Waals surface area (Å²) in [6, 6.07) is 1.64. The van der Waals surface area contributed by atoms with Gasteiger partial charge in [0.05, 0.1) is 23.4 Å². The quantitative estimate of drug-likeness (QED) is 0.780. The predicted octanol–water partition coefficient (Wildman–Crippen LogP) is 2.22. The van der Waals surface area contributed by atoms with Crippen molar-refractivity contribution >= 4 is 23.2 Å². The lowest BCUT2D eigenvalue weighted by Crippen LogP contribution is -2.46. The average molecular weight is 346 g/mol. The van der Waals surface area contributed by atoms with Gasteiger partial charge in [-0.1, -0.05) is 6.92 Å². The highest BCUT2D eigenvalue weighted by atomic mass is 16.5. The van der Waals surface area contributed by atoms with Crippen LogP contribution in [0.2, 0.25) is 0 Å². The standard InChI is InChI=1S/C18H22N2O5/c1-4-12-7-13-17(8-16(12)25-11(3)22)24-9-14(18(13)23)15-5-6-20(19-15)10(2)21/h5-6,9,12-13,16-17H,4,7-8H2,1-3H3. The van der Waals surface area contributed by atoms with Gasteiger partial charge in [0, 0.05) is 26.5 Å². The van der Waals surface area contributed by atoms with Crippen molar-refractivity contribution in [3.63, 3.8) is 0 Å². The van der Waals surface area contributed by atoms with Crippen LogP contribution in [0.1, 0.15) is 50.5 Å². The Morgan fingerprint density at radius 2 is 2.12 bits per heavy atom. The molecule has 0 N–H and O–H groups in total. The second-order valence-corrected chi connectivity index (χ2v) is 6.63. The number of Topliss-reactive ketones (excluding diaryl/α,β-unsaturated/α-hetero) is 1. The van der Waals surface area contributed by atoms with Crippen molar-refractivity contribution in [3.8, 4) is 0 Å². The number of ketones is 1. The predicted molar refractivity (Wildman–Crippen MR) is 88.4 cm³/mol. The normalized spacial score (nSPS) is 28.6. The van der Waals surface area contributed by atoms with Gasteiger partial charge in [-0.2, -0.15) is 5.10 Å². The lowest BCUT2D eigenvalue weighted by Gasteiger charge is -2.41. The van der Waals surface area contributed by atoms with E-state index in [0.29, 0.717) is 24.1 Å². The van der Waals surface area contributed by atoms with Crippen LogP contribution in [0.15, 0.2) is 18.5 Å². The molecule has 1 aromatic heterocycles. The zero-order valence-corrected chi connectivity index (χ0v) is 14.6. The number of esters is 1. The van der Waals surface area contributed by atoms with Crippen molar-refractivity contribution in [2.45, 2.75) is 52.2 Å². The molecular formula is C18H22N2O5. The van der Waals surface area contributed by atoms with Gasteiger partial charge in [0.15, 0.2) is 5.78 Å². The fraction of sp³-hybridized carbons (Fsp3) is 0.556. The van der Waals surface area contributed by atoms with Crippen molar-refractivity contribution in [2.24, 2.45) is 11.8 Å². The number of nitrogens with zero attached hydrogens (tertiary/aromatic N) is 2. The summed E-state index contributed by atoms with van der Waals surface area (Å²) in [7, 11) is 0. The first-order valence-electron chi connectivity index (χ1n) is 8.54. The van der Waals surface area contributed by atoms with Crippen LogP contribution in [0.3, 0.4) is 0 Å². The van der Waals surface area contributed by atoms with Gasteiger partial charge < -0.3 is 9.47 Å². The number of aromatic nitrogens is 2. The highest BCUT2D eigenvalue weighted by Crippen LogP contribution is 2.40. The van der Waals surface area contributed by atoms with Gasteiger partial charge in [-0.15, -0.1) is 0 Å². The zero-order valence-electron chi connectivity index (χ0n) is 14.6. The van der Waals surface area contributed by atoms with Crippen LogP contribution in [-0.2, 0) is 19.1 Å². The van der Waals surface area contributed by atoms with Gasteiger partial charge in [-0.05, 0) is 24.8 Å². The van der Waals surface area contributed by atoms with Gasteiger partial charge in [0.25, 0.3) is 0 Å². The molecule has 1 aliphatic heterocycles. The van der Waals surface area contributed by atoms with E-state index in [1.807, 2.05) is 6.92 Å². The summed E-state index contributed by atoms with van der Waals surface area (Å²) in [5.74, 6) is -0.701. The van der Waals surface area contributed by atoms with Crippen molar-refractivity contribution in [3.05, 3.63) is 24.2 Å². The number of fused-ring (bicyclic) bond motifs is 1. The van der Waals surface area contributed by atoms with Gasteiger partial charge in [0.1, 0.15) is 12.2 Å². The smallest absolute Gasteiger partial charge is 0.302 e. The Hall–Kier alpha value is -2.44. The molecule has 2 heterocycles. The molecule has 0 spiro atoms. The molecule has 0 aromatic carbocycles. The van der Waals surface area contributed by atoms with Crippen LogP contribution >= 0.6 is 0 Å². The first-order valence-corrected chi connectivity index (χ1v) is 8.54. The molecule has 4 atom stereocenters. The minimum absolute atomic E-state index is 0.0234. The Morgan fingerprint density at radius 3 is 2.72 bits per heavy atom. The third kappa shape index (κ3) is 3.36. The summed E-state index contributed by atoms with van der Waals surface area (Å²) in [6.07, 6.45) is 4.40. The number of hydrogen-bond acceptors (Lipinski definition) is 6. The van der Waals surface area contributed by atoms with Gasteiger partial charge in [-0.25, -0.2) is 4.68 Å². The van der Waals surface area contributed by atoms with E-state index in [1.165, 1.54) is 31.0 Å². The Bertz CT molecular complexity index is 736. The molecule has 7 heteroatoms. The van der Waals surface area contributed by atoms with Crippen molar-refractivity contribution in [1.29, 1.82) is 0 Å². The zero-order chi connectivity index (χ0) is 18.1. The summed E-state index contributed by atoms with van der Waals surface area (Å²) < 4.78 is 12.4. The van der Waals surface area contributed by atoms with Crippen LogP contribution < -0.4 is 0 Å². The van der Waals surface area contributed by atoms with E-state index in [-0.39, 0.29) is 41.7 Å². The molecule has 2 aliphatic rings. The van der Waals surface area contributed by atoms with E-state index >= 15 is 0 Å². The maximum atomic E-state index is 12.9. The van der Waals surface area contributed by atoms with Gasteiger partial charge >= 0.3 is 5.97 Å². The Morgan fingerprint density at radius 1 is 1.36 bits per heavy atom. The molecule has 0 radical (unpaired) electrons. The third-order valence-corrected chi connectivity index (χ3v) is 4.99. The molecule has 1 aromatic rings. The minimum Gasteiger partial charge on any atom is -0.496 e. The lowest BCUT2D eigenvalue weighted by atomic mass is 9.72. The monoisotopic (exact) mass is 346 g/mol. The van der Waals surface area contributed by atoms with Crippen molar-refractivity contribution in [2.75, 3.05) is 0 Å². The second kappa shape index (κ2) is 6.82. The van der Waals surface area contributed by atoms with Gasteiger partial charge in [0.2, 0.25) is 5.91 Å². The van der Waals surface area contributed by atoms with E-state index in [2.05, 4.69) is 5.10 Å². The largest absolute Gasteiger partial charge is 0.496 e. The fourth-order valence-electron chi connectivity index (χ4n) is 3.67. The van der Waals surface area contributed by atoms with Gasteiger partial charge in [-0.3, -0.25) is 14.4 Å². The molecule has 25 heavy (non-hydrogen) atoms. The number of rotatable bonds is 3. The Balaban J connectivity index is 1.82. The molecule has 134 valence electrons. The first kappa shape index (κ1) is 17.4. The van der Waals surface area contributed by atoms with Crippen LogP contribution in [0.5, 0.6) is 0 Å². The maximum absolute atomic E-state index is 12.9. The average Bonchev–Trinajstić information content (AvgIpc) is 3.04. The third-order valence-electron chi connectivity index (χ3n) is 4.99. The van der Waals surface area contributed by atoms with Crippen LogP contribution in [0.4, 0.5) is 0 Å². The molecular weight excluding hydrogens is 324 g/mol.